The Morgan fingerprint density at radius 2 is 1.86 bits per heavy atom. The fourth-order valence-electron chi connectivity index (χ4n) is 2.96. The van der Waals surface area contributed by atoms with Crippen LogP contribution in [-0.4, -0.2) is 43.1 Å². The molecule has 6 nitrogen and oxygen atoms in total. The van der Waals surface area contributed by atoms with Crippen LogP contribution < -0.4 is 10.2 Å². The van der Waals surface area contributed by atoms with Crippen molar-refractivity contribution >= 4 is 46.4 Å². The molecule has 1 unspecified atom stereocenters. The number of thiocarbonyl (C=S) groups is 1. The number of carbonyl (C=O) groups excluding carboxylic acids is 1. The Morgan fingerprint density at radius 3 is 2.43 bits per heavy atom. The third-order valence-corrected chi connectivity index (χ3v) is 5.03. The van der Waals surface area contributed by atoms with Crippen molar-refractivity contribution in [1.82, 2.24) is 10.3 Å². The number of hydrazone groups is 1. The molecule has 8 heteroatoms. The number of nitrogens with zero attached hydrogens (tertiary/aromatic N) is 3. The minimum absolute atomic E-state index is 0.133. The van der Waals surface area contributed by atoms with E-state index in [0.717, 1.165) is 22.5 Å². The van der Waals surface area contributed by atoms with E-state index in [0.29, 0.717) is 11.4 Å². The Balaban J connectivity index is 1.91. The molecule has 0 spiro atoms. The highest BCUT2D eigenvalue weighted by molar-refractivity contribution is 7.80. The molecule has 3 rings (SSSR count). The maximum atomic E-state index is 11.6. The molecule has 146 valence electrons. The van der Waals surface area contributed by atoms with Crippen LogP contribution in [-0.2, 0) is 4.74 Å². The van der Waals surface area contributed by atoms with Crippen molar-refractivity contribution < 1.29 is 9.53 Å². The first kappa shape index (κ1) is 20.1. The molecule has 1 aliphatic rings. The zero-order valence-corrected chi connectivity index (χ0v) is 17.4. The molecule has 0 bridgehead atoms. The number of methoxy groups -OCH3 is 1. The van der Waals surface area contributed by atoms with Gasteiger partial charge in [0.25, 0.3) is 0 Å². The molecule has 0 aliphatic carbocycles. The van der Waals surface area contributed by atoms with Crippen LogP contribution in [0.4, 0.5) is 10.5 Å². The highest BCUT2D eigenvalue weighted by Crippen LogP contribution is 2.33. The molecule has 1 amide bonds. The van der Waals surface area contributed by atoms with E-state index in [1.54, 1.807) is 5.01 Å². The Bertz CT molecular complexity index is 897. The highest BCUT2D eigenvalue weighted by Gasteiger charge is 2.32. The van der Waals surface area contributed by atoms with Gasteiger partial charge in [0.15, 0.2) is 5.11 Å². The molecule has 28 heavy (non-hydrogen) atoms. The maximum Gasteiger partial charge on any atom is 0.413 e. The third-order valence-electron chi connectivity index (χ3n) is 4.48. The van der Waals surface area contributed by atoms with Crippen LogP contribution in [0.5, 0.6) is 0 Å². The van der Waals surface area contributed by atoms with Gasteiger partial charge in [-0.1, -0.05) is 35.9 Å². The molecule has 0 radical (unpaired) electrons. The van der Waals surface area contributed by atoms with Gasteiger partial charge in [0.05, 0.1) is 18.9 Å². The second-order valence-corrected chi connectivity index (χ2v) is 7.35. The summed E-state index contributed by atoms with van der Waals surface area (Å²) in [5.74, 6) is 0. The molecule has 2 aromatic carbocycles. The van der Waals surface area contributed by atoms with Crippen LogP contribution >= 0.6 is 23.8 Å². The third kappa shape index (κ3) is 4.43. The first-order valence-electron chi connectivity index (χ1n) is 8.68. The standard InChI is InChI=1S/C20H21ClN4O2S/c1-24(2)16-10-6-14(7-11-16)18-12-17(13-4-8-15(21)9-5-13)23-25(18)19(28)22-20(26)27-3/h4-11,18H,12H2,1-3H3,(H,22,26,28). The van der Waals surface area contributed by atoms with E-state index in [1.165, 1.54) is 7.11 Å². The fraction of sp³-hybridized carbons (Fsp3) is 0.250. The SMILES string of the molecule is COC(=O)NC(=S)N1N=C(c2ccc(Cl)cc2)CC1c1ccc(N(C)C)cc1. The van der Waals surface area contributed by atoms with Crippen LogP contribution in [0.25, 0.3) is 0 Å². The van der Waals surface area contributed by atoms with E-state index in [1.807, 2.05) is 67.5 Å². The predicted octanol–water partition coefficient (Wildman–Crippen LogP) is 4.20. The highest BCUT2D eigenvalue weighted by atomic mass is 35.5. The minimum Gasteiger partial charge on any atom is -0.453 e. The molecule has 1 atom stereocenters. The molecule has 0 fully saturated rings. The van der Waals surface area contributed by atoms with Crippen LogP contribution in [0.3, 0.4) is 0 Å². The Kier molecular flexibility index (Phi) is 6.16. The van der Waals surface area contributed by atoms with Crippen molar-refractivity contribution in [2.24, 2.45) is 5.10 Å². The summed E-state index contributed by atoms with van der Waals surface area (Å²) >= 11 is 11.4. The van der Waals surface area contributed by atoms with Crippen molar-refractivity contribution in [3.8, 4) is 0 Å². The summed E-state index contributed by atoms with van der Waals surface area (Å²) < 4.78 is 4.66. The van der Waals surface area contributed by atoms with E-state index in [-0.39, 0.29) is 11.2 Å². The van der Waals surface area contributed by atoms with Gasteiger partial charge in [-0.25, -0.2) is 9.80 Å². The number of nitrogens with one attached hydrogen (secondary N) is 1. The number of hydrogen-bond acceptors (Lipinski definition) is 5. The molecule has 1 aliphatic heterocycles. The van der Waals surface area contributed by atoms with Gasteiger partial charge in [-0.2, -0.15) is 5.10 Å². The minimum atomic E-state index is -0.623. The molecule has 0 aromatic heterocycles. The van der Waals surface area contributed by atoms with E-state index >= 15 is 0 Å². The monoisotopic (exact) mass is 416 g/mol. The van der Waals surface area contributed by atoms with Gasteiger partial charge in [-0.05, 0) is 47.6 Å². The van der Waals surface area contributed by atoms with Crippen molar-refractivity contribution in [3.05, 3.63) is 64.7 Å². The lowest BCUT2D eigenvalue weighted by atomic mass is 9.98. The topological polar surface area (TPSA) is 57.2 Å². The van der Waals surface area contributed by atoms with Gasteiger partial charge in [-0.15, -0.1) is 0 Å². The largest absolute Gasteiger partial charge is 0.453 e. The molecule has 0 saturated heterocycles. The molecule has 0 saturated carbocycles. The molecule has 1 heterocycles. The Hall–Kier alpha value is -2.64. The number of ether oxygens (including phenoxy) is 1. The van der Waals surface area contributed by atoms with Crippen molar-refractivity contribution in [3.63, 3.8) is 0 Å². The number of anilines is 1. The van der Waals surface area contributed by atoms with Crippen LogP contribution in [0.15, 0.2) is 53.6 Å². The summed E-state index contributed by atoms with van der Waals surface area (Å²) in [7, 11) is 5.28. The predicted molar refractivity (Wildman–Crippen MR) is 116 cm³/mol. The van der Waals surface area contributed by atoms with E-state index in [9.17, 15) is 4.79 Å². The van der Waals surface area contributed by atoms with E-state index in [2.05, 4.69) is 15.2 Å². The fourth-order valence-corrected chi connectivity index (χ4v) is 3.34. The number of carbonyl (C=O) groups is 1. The number of amides is 1. The number of benzene rings is 2. The zero-order chi connectivity index (χ0) is 20.3. The van der Waals surface area contributed by atoms with Crippen LogP contribution in [0, 0.1) is 0 Å². The van der Waals surface area contributed by atoms with Gasteiger partial charge in [0.1, 0.15) is 0 Å². The summed E-state index contributed by atoms with van der Waals surface area (Å²) in [6.07, 6.45) is 0.0215. The number of alkyl carbamates (subject to hydrolysis) is 1. The summed E-state index contributed by atoms with van der Waals surface area (Å²) in [6, 6.07) is 15.6. The molecule has 1 N–H and O–H groups in total. The quantitative estimate of drug-likeness (QED) is 0.760. The van der Waals surface area contributed by atoms with Gasteiger partial charge >= 0.3 is 6.09 Å². The maximum absolute atomic E-state index is 11.6. The molecular weight excluding hydrogens is 396 g/mol. The first-order chi connectivity index (χ1) is 13.4. The number of rotatable bonds is 3. The summed E-state index contributed by atoms with van der Waals surface area (Å²) in [5.41, 5.74) is 3.98. The smallest absolute Gasteiger partial charge is 0.413 e. The van der Waals surface area contributed by atoms with Gasteiger partial charge in [0, 0.05) is 31.2 Å². The second-order valence-electron chi connectivity index (χ2n) is 6.53. The molecular formula is C20H21ClN4O2S. The van der Waals surface area contributed by atoms with Crippen molar-refractivity contribution in [2.45, 2.75) is 12.5 Å². The number of halogens is 1. The summed E-state index contributed by atoms with van der Waals surface area (Å²) in [6.45, 7) is 0. The van der Waals surface area contributed by atoms with Gasteiger partial charge in [0.2, 0.25) is 0 Å². The van der Waals surface area contributed by atoms with Crippen molar-refractivity contribution in [2.75, 3.05) is 26.1 Å². The van der Waals surface area contributed by atoms with Gasteiger partial charge < -0.3 is 9.64 Å². The zero-order valence-electron chi connectivity index (χ0n) is 15.8. The van der Waals surface area contributed by atoms with Crippen LogP contribution in [0.2, 0.25) is 5.02 Å². The Morgan fingerprint density at radius 1 is 1.21 bits per heavy atom. The first-order valence-corrected chi connectivity index (χ1v) is 9.46. The normalized spacial score (nSPS) is 15.8. The van der Waals surface area contributed by atoms with Crippen molar-refractivity contribution in [1.29, 1.82) is 0 Å². The van der Waals surface area contributed by atoms with Gasteiger partial charge in [-0.3, -0.25) is 5.32 Å². The summed E-state index contributed by atoms with van der Waals surface area (Å²) in [4.78, 5) is 13.7. The number of hydrogen-bond donors (Lipinski definition) is 1. The molecule has 2 aromatic rings. The lowest BCUT2D eigenvalue weighted by Gasteiger charge is -2.24. The Labute approximate surface area is 174 Å². The lowest BCUT2D eigenvalue weighted by Crippen LogP contribution is -2.40. The van der Waals surface area contributed by atoms with E-state index in [4.69, 9.17) is 23.8 Å². The summed E-state index contributed by atoms with van der Waals surface area (Å²) in [5, 5.41) is 9.73. The van der Waals surface area contributed by atoms with E-state index < -0.39 is 6.09 Å². The second kappa shape index (κ2) is 8.58. The average molecular weight is 417 g/mol. The lowest BCUT2D eigenvalue weighted by molar-refractivity contribution is 0.175. The average Bonchev–Trinajstić information content (AvgIpc) is 3.14. The van der Waals surface area contributed by atoms with Crippen LogP contribution in [0.1, 0.15) is 23.6 Å².